The summed E-state index contributed by atoms with van der Waals surface area (Å²) >= 11 is 6.02. The summed E-state index contributed by atoms with van der Waals surface area (Å²) in [6.07, 6.45) is 4.98. The van der Waals surface area contributed by atoms with Crippen molar-refractivity contribution in [1.82, 2.24) is 24.5 Å². The summed E-state index contributed by atoms with van der Waals surface area (Å²) in [6, 6.07) is 6.00. The van der Waals surface area contributed by atoms with Gasteiger partial charge in [-0.2, -0.15) is 4.31 Å². The van der Waals surface area contributed by atoms with Crippen molar-refractivity contribution in [3.8, 4) is 0 Å². The monoisotopic (exact) mass is 548 g/mol. The number of rotatable bonds is 5. The van der Waals surface area contributed by atoms with Crippen molar-refractivity contribution in [2.24, 2.45) is 0 Å². The zero-order valence-electron chi connectivity index (χ0n) is 21.1. The van der Waals surface area contributed by atoms with Gasteiger partial charge in [0.25, 0.3) is 0 Å². The smallest absolute Gasteiger partial charge is 0.318 e. The first-order valence-electron chi connectivity index (χ1n) is 12.7. The molecule has 0 aliphatic carbocycles. The molecule has 3 aliphatic rings. The molecule has 3 aliphatic heterocycles. The average Bonchev–Trinajstić information content (AvgIpc) is 3.14. The number of sulfonamides is 1. The van der Waals surface area contributed by atoms with Crippen LogP contribution in [0.25, 0.3) is 0 Å². The Morgan fingerprint density at radius 3 is 2.73 bits per heavy atom. The first-order valence-corrected chi connectivity index (χ1v) is 14.5. The Morgan fingerprint density at radius 1 is 1.19 bits per heavy atom. The van der Waals surface area contributed by atoms with Crippen molar-refractivity contribution in [3.05, 3.63) is 46.7 Å². The first kappa shape index (κ1) is 26.1. The maximum atomic E-state index is 13.4. The van der Waals surface area contributed by atoms with Gasteiger partial charge >= 0.3 is 6.03 Å². The molecule has 2 saturated heterocycles. The van der Waals surface area contributed by atoms with Crippen molar-refractivity contribution in [2.75, 3.05) is 31.6 Å². The van der Waals surface area contributed by atoms with Crippen LogP contribution in [0.5, 0.6) is 0 Å². The molecule has 1 atom stereocenters. The highest BCUT2D eigenvalue weighted by Gasteiger charge is 2.43. The lowest BCUT2D eigenvalue weighted by Gasteiger charge is -2.36. The van der Waals surface area contributed by atoms with E-state index in [9.17, 15) is 13.2 Å². The summed E-state index contributed by atoms with van der Waals surface area (Å²) < 4.78 is 33.2. The van der Waals surface area contributed by atoms with Crippen LogP contribution in [0.2, 0.25) is 5.02 Å². The Bertz CT molecular complexity index is 1270. The SMILES string of the molecule is CC1(C)c2cnc(NC3CCOCC3)nc2CN1C(=O)NC1CCCN(S(=O)(=O)c2cccc(Cl)c2)C1. The van der Waals surface area contributed by atoms with Crippen molar-refractivity contribution in [3.63, 3.8) is 0 Å². The van der Waals surface area contributed by atoms with Crippen LogP contribution in [0.4, 0.5) is 10.7 Å². The maximum Gasteiger partial charge on any atom is 0.318 e. The normalized spacial score (nSPS) is 22.5. The Morgan fingerprint density at radius 2 is 1.97 bits per heavy atom. The second-order valence-corrected chi connectivity index (χ2v) is 12.7. The number of nitrogens with zero attached hydrogens (tertiary/aromatic N) is 4. The number of carbonyl (C=O) groups excluding carboxylic acids is 1. The lowest BCUT2D eigenvalue weighted by atomic mass is 9.97. The van der Waals surface area contributed by atoms with Crippen molar-refractivity contribution in [2.45, 2.75) is 68.6 Å². The minimum Gasteiger partial charge on any atom is -0.381 e. The van der Waals surface area contributed by atoms with Gasteiger partial charge in [0, 0.05) is 55.2 Å². The standard InChI is InChI=1S/C25H33ClN6O4S/c1-25(2)21-14-27-23(28-18-8-11-36-12-9-18)30-22(21)16-32(25)24(33)29-19-6-4-10-31(15-19)37(34,35)20-7-3-5-17(26)13-20/h3,5,7,13-14,18-19H,4,6,8-12,15-16H2,1-2H3,(H,29,33)(H,27,28,30). The minimum absolute atomic E-state index is 0.159. The Kier molecular flexibility index (Phi) is 7.32. The van der Waals surface area contributed by atoms with E-state index in [1.54, 1.807) is 29.3 Å². The van der Waals surface area contributed by atoms with Crippen LogP contribution in [0.1, 0.15) is 50.8 Å². The van der Waals surface area contributed by atoms with Gasteiger partial charge in [-0.1, -0.05) is 17.7 Å². The van der Waals surface area contributed by atoms with Gasteiger partial charge in [0.2, 0.25) is 16.0 Å². The largest absolute Gasteiger partial charge is 0.381 e. The molecular weight excluding hydrogens is 516 g/mol. The van der Waals surface area contributed by atoms with Gasteiger partial charge in [-0.3, -0.25) is 0 Å². The van der Waals surface area contributed by atoms with Crippen molar-refractivity contribution < 1.29 is 17.9 Å². The van der Waals surface area contributed by atoms with Gasteiger partial charge < -0.3 is 20.3 Å². The Balaban J connectivity index is 1.25. The maximum absolute atomic E-state index is 13.4. The molecule has 4 heterocycles. The third-order valence-corrected chi connectivity index (χ3v) is 9.55. The topological polar surface area (TPSA) is 117 Å². The summed E-state index contributed by atoms with van der Waals surface area (Å²) in [5.74, 6) is 0.567. The molecule has 37 heavy (non-hydrogen) atoms. The predicted molar refractivity (Wildman–Crippen MR) is 140 cm³/mol. The fourth-order valence-corrected chi connectivity index (χ4v) is 7.09. The molecule has 2 fully saturated rings. The van der Waals surface area contributed by atoms with E-state index in [1.165, 1.54) is 10.4 Å². The Labute approximate surface area is 222 Å². The number of hydrogen-bond donors (Lipinski definition) is 2. The third kappa shape index (κ3) is 5.41. The fourth-order valence-electron chi connectivity index (χ4n) is 5.27. The molecular formula is C25H33ClN6O4S. The van der Waals surface area contributed by atoms with Gasteiger partial charge in [0.05, 0.1) is 22.7 Å². The highest BCUT2D eigenvalue weighted by molar-refractivity contribution is 7.89. The molecule has 12 heteroatoms. The number of carbonyl (C=O) groups is 1. The molecule has 0 bridgehead atoms. The lowest BCUT2D eigenvalue weighted by molar-refractivity contribution is 0.0903. The first-order chi connectivity index (χ1) is 17.6. The van der Waals surface area contributed by atoms with E-state index in [1.807, 2.05) is 13.8 Å². The zero-order chi connectivity index (χ0) is 26.2. The summed E-state index contributed by atoms with van der Waals surface area (Å²) in [5, 5.41) is 6.83. The number of fused-ring (bicyclic) bond motifs is 1. The second kappa shape index (κ2) is 10.4. The predicted octanol–water partition coefficient (Wildman–Crippen LogP) is 3.33. The van der Waals surface area contributed by atoms with E-state index >= 15 is 0 Å². The van der Waals surface area contributed by atoms with Crippen molar-refractivity contribution in [1.29, 1.82) is 0 Å². The average molecular weight is 549 g/mol. The van der Waals surface area contributed by atoms with Crippen molar-refractivity contribution >= 4 is 33.6 Å². The highest BCUT2D eigenvalue weighted by Crippen LogP contribution is 2.38. The quantitative estimate of drug-likeness (QED) is 0.588. The van der Waals surface area contributed by atoms with Gasteiger partial charge in [-0.15, -0.1) is 0 Å². The van der Waals surface area contributed by atoms with E-state index in [0.717, 1.165) is 37.3 Å². The molecule has 200 valence electrons. The molecule has 10 nitrogen and oxygen atoms in total. The zero-order valence-corrected chi connectivity index (χ0v) is 22.7. The van der Waals surface area contributed by atoms with Gasteiger partial charge in [0.15, 0.2) is 0 Å². The second-order valence-electron chi connectivity index (χ2n) is 10.3. The molecule has 1 aromatic carbocycles. The number of aromatic nitrogens is 2. The van der Waals surface area contributed by atoms with Gasteiger partial charge in [-0.25, -0.2) is 23.2 Å². The molecule has 2 amide bonds. The molecule has 0 saturated carbocycles. The minimum atomic E-state index is -3.71. The number of piperidine rings is 1. The number of nitrogens with one attached hydrogen (secondary N) is 2. The molecule has 2 N–H and O–H groups in total. The number of ether oxygens (including phenoxy) is 1. The Hall–Kier alpha value is -2.47. The van der Waals surface area contributed by atoms with E-state index < -0.39 is 15.6 Å². The number of anilines is 1. The van der Waals surface area contributed by atoms with E-state index in [-0.39, 0.29) is 29.6 Å². The molecule has 5 rings (SSSR count). The van der Waals surface area contributed by atoms with Gasteiger partial charge in [-0.05, 0) is 57.7 Å². The van der Waals surface area contributed by atoms with Crippen LogP contribution in [0.3, 0.4) is 0 Å². The van der Waals surface area contributed by atoms with Crippen LogP contribution >= 0.6 is 11.6 Å². The molecule has 1 unspecified atom stereocenters. The van der Waals surface area contributed by atoms with Crippen LogP contribution in [-0.4, -0.2) is 72.0 Å². The number of hydrogen-bond acceptors (Lipinski definition) is 7. The molecule has 0 radical (unpaired) electrons. The van der Waals surface area contributed by atoms with Crippen LogP contribution in [-0.2, 0) is 26.8 Å². The summed E-state index contributed by atoms with van der Waals surface area (Å²) in [4.78, 5) is 24.6. The van der Waals surface area contributed by atoms with E-state index in [2.05, 4.69) is 15.6 Å². The summed E-state index contributed by atoms with van der Waals surface area (Å²) in [7, 11) is -3.71. The highest BCUT2D eigenvalue weighted by atomic mass is 35.5. The van der Waals surface area contributed by atoms with E-state index in [4.69, 9.17) is 21.3 Å². The van der Waals surface area contributed by atoms with E-state index in [0.29, 0.717) is 36.9 Å². The lowest BCUT2D eigenvalue weighted by Crippen LogP contribution is -2.54. The van der Waals surface area contributed by atoms with Crippen LogP contribution in [0, 0.1) is 0 Å². The number of urea groups is 1. The van der Waals surface area contributed by atoms with Gasteiger partial charge in [0.1, 0.15) is 0 Å². The summed E-state index contributed by atoms with van der Waals surface area (Å²) in [6.45, 7) is 6.37. The third-order valence-electron chi connectivity index (χ3n) is 7.45. The molecule has 2 aromatic rings. The molecule has 1 aromatic heterocycles. The van der Waals surface area contributed by atoms with Crippen LogP contribution in [0.15, 0.2) is 35.4 Å². The number of amides is 2. The fraction of sp³-hybridized carbons (Fsp3) is 0.560. The number of benzene rings is 1. The summed E-state index contributed by atoms with van der Waals surface area (Å²) in [5.41, 5.74) is 1.13. The molecule has 0 spiro atoms. The number of halogens is 1. The van der Waals surface area contributed by atoms with Crippen LogP contribution < -0.4 is 10.6 Å².